The predicted octanol–water partition coefficient (Wildman–Crippen LogP) is 3.71. The summed E-state index contributed by atoms with van der Waals surface area (Å²) in [5.41, 5.74) is 2.75. The van der Waals surface area contributed by atoms with E-state index >= 15 is 0 Å². The monoisotopic (exact) mass is 394 g/mol. The maximum absolute atomic E-state index is 12.7. The third-order valence-electron chi connectivity index (χ3n) is 4.43. The molecule has 1 aliphatic rings. The Kier molecular flexibility index (Phi) is 4.87. The summed E-state index contributed by atoms with van der Waals surface area (Å²) in [7, 11) is 1.61. The number of aromatic nitrogens is 3. The minimum atomic E-state index is -0.697. The van der Waals surface area contributed by atoms with E-state index < -0.39 is 6.23 Å². The van der Waals surface area contributed by atoms with Crippen LogP contribution in [0.1, 0.15) is 18.7 Å². The van der Waals surface area contributed by atoms with E-state index in [4.69, 9.17) is 9.47 Å². The van der Waals surface area contributed by atoms with Crippen molar-refractivity contribution in [2.45, 2.75) is 18.3 Å². The van der Waals surface area contributed by atoms with E-state index in [1.54, 1.807) is 12.0 Å². The van der Waals surface area contributed by atoms with Gasteiger partial charge in [0.15, 0.2) is 5.69 Å². The molecule has 0 aliphatic carbocycles. The lowest BCUT2D eigenvalue weighted by atomic mass is 10.1. The van der Waals surface area contributed by atoms with Crippen molar-refractivity contribution in [1.29, 1.82) is 0 Å². The average molecular weight is 394 g/mol. The zero-order valence-corrected chi connectivity index (χ0v) is 16.4. The Morgan fingerprint density at radius 1 is 1.14 bits per heavy atom. The van der Waals surface area contributed by atoms with Crippen molar-refractivity contribution in [3.05, 3.63) is 54.1 Å². The minimum Gasteiger partial charge on any atom is -0.497 e. The normalized spacial score (nSPS) is 15.1. The first kappa shape index (κ1) is 18.2. The molecule has 0 bridgehead atoms. The zero-order chi connectivity index (χ0) is 19.7. The summed E-state index contributed by atoms with van der Waals surface area (Å²) >= 11 is 1.38. The lowest BCUT2D eigenvalue weighted by Gasteiger charge is -2.29. The molecule has 1 amide bonds. The molecule has 0 fully saturated rings. The standard InChI is InChI=1S/C20H18N4O3S/c1-12(25)24-16-7-5-4-6-15(16)17-18(21-20(28-3)23-22-17)27-19(24)13-8-10-14(26-2)11-9-13/h4-11,19H,1-3H3/t19-/m0/s1. The van der Waals surface area contributed by atoms with Crippen LogP contribution in [0.2, 0.25) is 0 Å². The van der Waals surface area contributed by atoms with Gasteiger partial charge in [0.25, 0.3) is 0 Å². The molecule has 1 aromatic heterocycles. The van der Waals surface area contributed by atoms with Gasteiger partial charge in [0.05, 0.1) is 12.8 Å². The Hall–Kier alpha value is -3.13. The number of carbonyl (C=O) groups excluding carboxylic acids is 1. The van der Waals surface area contributed by atoms with Crippen molar-refractivity contribution < 1.29 is 14.3 Å². The van der Waals surface area contributed by atoms with Gasteiger partial charge in [-0.1, -0.05) is 30.0 Å². The fourth-order valence-corrected chi connectivity index (χ4v) is 3.42. The molecule has 1 atom stereocenters. The molecule has 4 rings (SSSR count). The number of methoxy groups -OCH3 is 1. The number of hydrogen-bond acceptors (Lipinski definition) is 7. The van der Waals surface area contributed by atoms with E-state index in [1.165, 1.54) is 18.7 Å². The first-order chi connectivity index (χ1) is 13.6. The first-order valence-corrected chi connectivity index (χ1v) is 9.83. The second-order valence-electron chi connectivity index (χ2n) is 6.10. The third kappa shape index (κ3) is 3.16. The number of para-hydroxylation sites is 1. The summed E-state index contributed by atoms with van der Waals surface area (Å²) in [6, 6.07) is 14.9. The summed E-state index contributed by atoms with van der Waals surface area (Å²) < 4.78 is 11.5. The number of carbonyl (C=O) groups is 1. The molecule has 2 heterocycles. The number of ether oxygens (including phenoxy) is 2. The number of anilines is 1. The summed E-state index contributed by atoms with van der Waals surface area (Å²) in [6.45, 7) is 1.51. The third-order valence-corrected chi connectivity index (χ3v) is 4.97. The lowest BCUT2D eigenvalue weighted by Crippen LogP contribution is -2.36. The second kappa shape index (κ2) is 7.47. The fourth-order valence-electron chi connectivity index (χ4n) is 3.12. The van der Waals surface area contributed by atoms with Crippen molar-refractivity contribution in [2.24, 2.45) is 0 Å². The van der Waals surface area contributed by atoms with Crippen LogP contribution in [-0.4, -0.2) is 34.5 Å². The molecule has 0 saturated heterocycles. The Bertz CT molecular complexity index is 1030. The van der Waals surface area contributed by atoms with Crippen molar-refractivity contribution in [1.82, 2.24) is 15.2 Å². The van der Waals surface area contributed by atoms with Crippen LogP contribution in [-0.2, 0) is 4.79 Å². The summed E-state index contributed by atoms with van der Waals surface area (Å²) in [4.78, 5) is 18.8. The van der Waals surface area contributed by atoms with Crippen molar-refractivity contribution in [3.63, 3.8) is 0 Å². The summed E-state index contributed by atoms with van der Waals surface area (Å²) in [6.07, 6.45) is 1.17. The number of fused-ring (bicyclic) bond motifs is 3. The SMILES string of the molecule is COc1ccc([C@@H]2Oc3nc(SC)nnc3-c3ccccc3N2C(C)=O)cc1. The van der Waals surface area contributed by atoms with E-state index in [2.05, 4.69) is 15.2 Å². The van der Waals surface area contributed by atoms with E-state index in [0.29, 0.717) is 22.4 Å². The van der Waals surface area contributed by atoms with Crippen LogP contribution in [0.5, 0.6) is 11.6 Å². The highest BCUT2D eigenvalue weighted by atomic mass is 32.2. The molecule has 3 aromatic rings. The molecule has 0 spiro atoms. The van der Waals surface area contributed by atoms with Gasteiger partial charge in [0, 0.05) is 18.1 Å². The molecule has 0 unspecified atom stereocenters. The van der Waals surface area contributed by atoms with Gasteiger partial charge in [0.2, 0.25) is 23.2 Å². The van der Waals surface area contributed by atoms with Gasteiger partial charge >= 0.3 is 0 Å². The van der Waals surface area contributed by atoms with Crippen LogP contribution in [0.4, 0.5) is 5.69 Å². The summed E-state index contributed by atoms with van der Waals surface area (Å²) in [5, 5.41) is 8.97. The van der Waals surface area contributed by atoms with Gasteiger partial charge in [-0.25, -0.2) is 0 Å². The molecular weight excluding hydrogens is 376 g/mol. The van der Waals surface area contributed by atoms with E-state index in [1.807, 2.05) is 54.8 Å². The predicted molar refractivity (Wildman–Crippen MR) is 107 cm³/mol. The van der Waals surface area contributed by atoms with Gasteiger partial charge in [-0.3, -0.25) is 9.69 Å². The highest BCUT2D eigenvalue weighted by Gasteiger charge is 2.34. The van der Waals surface area contributed by atoms with Crippen LogP contribution in [0, 0.1) is 0 Å². The Balaban J connectivity index is 1.93. The maximum Gasteiger partial charge on any atom is 0.247 e. The second-order valence-corrected chi connectivity index (χ2v) is 6.88. The highest BCUT2D eigenvalue weighted by molar-refractivity contribution is 7.98. The van der Waals surface area contributed by atoms with Crippen LogP contribution >= 0.6 is 11.8 Å². The van der Waals surface area contributed by atoms with Gasteiger partial charge in [-0.15, -0.1) is 10.2 Å². The molecule has 0 saturated carbocycles. The number of hydrogen-bond donors (Lipinski definition) is 0. The van der Waals surface area contributed by atoms with Crippen LogP contribution in [0.25, 0.3) is 11.3 Å². The molecule has 7 nitrogen and oxygen atoms in total. The number of nitrogens with zero attached hydrogens (tertiary/aromatic N) is 4. The quantitative estimate of drug-likeness (QED) is 0.627. The Morgan fingerprint density at radius 2 is 1.89 bits per heavy atom. The zero-order valence-electron chi connectivity index (χ0n) is 15.6. The minimum absolute atomic E-state index is 0.154. The lowest BCUT2D eigenvalue weighted by molar-refractivity contribution is -0.118. The maximum atomic E-state index is 12.7. The number of benzene rings is 2. The van der Waals surface area contributed by atoms with E-state index in [-0.39, 0.29) is 5.91 Å². The van der Waals surface area contributed by atoms with Crippen LogP contribution in [0.3, 0.4) is 0 Å². The van der Waals surface area contributed by atoms with Gasteiger partial charge in [0.1, 0.15) is 5.75 Å². The fraction of sp³-hybridized carbons (Fsp3) is 0.200. The Morgan fingerprint density at radius 3 is 2.57 bits per heavy atom. The first-order valence-electron chi connectivity index (χ1n) is 8.61. The molecule has 142 valence electrons. The van der Waals surface area contributed by atoms with E-state index in [0.717, 1.165) is 16.9 Å². The van der Waals surface area contributed by atoms with Crippen LogP contribution < -0.4 is 14.4 Å². The van der Waals surface area contributed by atoms with Crippen molar-refractivity contribution >= 4 is 23.4 Å². The number of amides is 1. The summed E-state index contributed by atoms with van der Waals surface area (Å²) in [5.74, 6) is 0.914. The molecule has 0 radical (unpaired) electrons. The van der Waals surface area contributed by atoms with Crippen LogP contribution in [0.15, 0.2) is 53.7 Å². The molecule has 0 N–H and O–H groups in total. The largest absolute Gasteiger partial charge is 0.497 e. The average Bonchev–Trinajstić information content (AvgIpc) is 2.87. The molecule has 8 heteroatoms. The molecule has 1 aliphatic heterocycles. The Labute approximate surface area is 166 Å². The molecular formula is C20H18N4O3S. The molecule has 28 heavy (non-hydrogen) atoms. The topological polar surface area (TPSA) is 77.4 Å². The smallest absolute Gasteiger partial charge is 0.247 e. The van der Waals surface area contributed by atoms with Gasteiger partial charge in [-0.2, -0.15) is 4.98 Å². The highest BCUT2D eigenvalue weighted by Crippen LogP contribution is 2.43. The number of rotatable bonds is 3. The van der Waals surface area contributed by atoms with Crippen molar-refractivity contribution in [3.8, 4) is 22.9 Å². The van der Waals surface area contributed by atoms with Gasteiger partial charge < -0.3 is 9.47 Å². The molecule has 2 aromatic carbocycles. The van der Waals surface area contributed by atoms with E-state index in [9.17, 15) is 4.79 Å². The number of thioether (sulfide) groups is 1. The van der Waals surface area contributed by atoms with Gasteiger partial charge in [-0.05, 0) is 36.6 Å². The van der Waals surface area contributed by atoms with Crippen molar-refractivity contribution in [2.75, 3.05) is 18.3 Å².